The number of benzene rings is 1. The van der Waals surface area contributed by atoms with Gasteiger partial charge in [-0.2, -0.15) is 9.61 Å². The Bertz CT molecular complexity index is 1370. The van der Waals surface area contributed by atoms with Crippen LogP contribution in [0, 0.1) is 11.6 Å². The van der Waals surface area contributed by atoms with Gasteiger partial charge in [-0.15, -0.1) is 5.10 Å². The van der Waals surface area contributed by atoms with Gasteiger partial charge in [0.05, 0.1) is 30.5 Å². The van der Waals surface area contributed by atoms with E-state index in [1.807, 2.05) is 6.20 Å². The fraction of sp³-hybridized carbons (Fsp3) is 0.455. The van der Waals surface area contributed by atoms with E-state index in [4.69, 9.17) is 5.73 Å². The van der Waals surface area contributed by atoms with Crippen molar-refractivity contribution in [2.24, 2.45) is 0 Å². The SMILES string of the molecule is C[C@@H]1CC[C@H](c2nc3c4cc(F)cc(F)c4nc(N)n3n2)CN1c1cnn(C(C)(CO)CO)c1. The normalized spacial score (nSPS) is 19.4. The molecule has 4 heterocycles. The number of anilines is 2. The summed E-state index contributed by atoms with van der Waals surface area (Å²) in [6.45, 7) is 3.92. The number of fused-ring (bicyclic) bond motifs is 3. The summed E-state index contributed by atoms with van der Waals surface area (Å²) in [5, 5.41) is 28.5. The minimum atomic E-state index is -0.907. The first-order chi connectivity index (χ1) is 16.2. The molecular weight excluding hydrogens is 446 g/mol. The second-order valence-corrected chi connectivity index (χ2v) is 9.19. The number of rotatable bonds is 5. The van der Waals surface area contributed by atoms with Gasteiger partial charge in [0.25, 0.3) is 0 Å². The maximum atomic E-state index is 14.3. The number of nitrogen functional groups attached to an aromatic ring is 1. The highest BCUT2D eigenvalue weighted by molar-refractivity contribution is 5.92. The van der Waals surface area contributed by atoms with Crippen LogP contribution in [0.1, 0.15) is 38.4 Å². The summed E-state index contributed by atoms with van der Waals surface area (Å²) >= 11 is 0. The Labute approximate surface area is 193 Å². The highest BCUT2D eigenvalue weighted by atomic mass is 19.1. The van der Waals surface area contributed by atoms with Crippen LogP contribution in [0.2, 0.25) is 0 Å². The molecule has 5 rings (SSSR count). The standard InChI is InChI=1S/C22H26F2N8O2/c1-12-3-4-13(8-30(12)15-7-26-31(9-15)22(2,10-33)11-34)19-28-20-16-5-14(23)6-17(24)18(16)27-21(25)32(20)29-19/h5-7,9,12-13,33-34H,3-4,8,10-11H2,1-2H3,(H2,25,27)/t12-,13+/m1/s1. The number of nitrogens with two attached hydrogens (primary N) is 1. The van der Waals surface area contributed by atoms with Gasteiger partial charge in [-0.1, -0.05) is 0 Å². The van der Waals surface area contributed by atoms with Crippen LogP contribution in [0.25, 0.3) is 16.6 Å². The van der Waals surface area contributed by atoms with Gasteiger partial charge in [0, 0.05) is 30.8 Å². The molecule has 1 saturated heterocycles. The van der Waals surface area contributed by atoms with Gasteiger partial charge in [0.2, 0.25) is 5.95 Å². The summed E-state index contributed by atoms with van der Waals surface area (Å²) in [5.41, 5.74) is 6.17. The fourth-order valence-electron chi connectivity index (χ4n) is 4.48. The van der Waals surface area contributed by atoms with Gasteiger partial charge in [-0.25, -0.2) is 18.7 Å². The van der Waals surface area contributed by atoms with Crippen LogP contribution in [0.4, 0.5) is 20.4 Å². The molecule has 1 fully saturated rings. The number of hydrogen-bond acceptors (Lipinski definition) is 8. The van der Waals surface area contributed by atoms with Crippen LogP contribution in [0.5, 0.6) is 0 Å². The lowest BCUT2D eigenvalue weighted by atomic mass is 9.92. The molecule has 4 N–H and O–H groups in total. The van der Waals surface area contributed by atoms with Crippen LogP contribution in [-0.4, -0.2) is 65.4 Å². The predicted octanol–water partition coefficient (Wildman–Crippen LogP) is 1.81. The lowest BCUT2D eigenvalue weighted by molar-refractivity contribution is 0.0681. The Kier molecular flexibility index (Phi) is 5.36. The average molecular weight is 473 g/mol. The average Bonchev–Trinajstić information content (AvgIpc) is 3.49. The first-order valence-electron chi connectivity index (χ1n) is 11.1. The molecule has 1 aliphatic heterocycles. The summed E-state index contributed by atoms with van der Waals surface area (Å²) in [4.78, 5) is 10.8. The summed E-state index contributed by atoms with van der Waals surface area (Å²) < 4.78 is 31.1. The number of hydrogen-bond donors (Lipinski definition) is 3. The second kappa shape index (κ2) is 8.13. The molecule has 3 aromatic heterocycles. The van der Waals surface area contributed by atoms with Gasteiger partial charge in [-0.3, -0.25) is 4.68 Å². The highest BCUT2D eigenvalue weighted by Crippen LogP contribution is 2.34. The summed E-state index contributed by atoms with van der Waals surface area (Å²) in [6.07, 6.45) is 5.20. The quantitative estimate of drug-likeness (QED) is 0.401. The first-order valence-corrected chi connectivity index (χ1v) is 11.1. The third-order valence-electron chi connectivity index (χ3n) is 6.72. The highest BCUT2D eigenvalue weighted by Gasteiger charge is 2.32. The van der Waals surface area contributed by atoms with Crippen molar-refractivity contribution < 1.29 is 19.0 Å². The van der Waals surface area contributed by atoms with Crippen LogP contribution in [0.15, 0.2) is 24.5 Å². The predicted molar refractivity (Wildman–Crippen MR) is 121 cm³/mol. The largest absolute Gasteiger partial charge is 0.394 e. The Morgan fingerprint density at radius 2 is 1.94 bits per heavy atom. The molecule has 0 saturated carbocycles. The van der Waals surface area contributed by atoms with E-state index in [2.05, 4.69) is 32.0 Å². The van der Waals surface area contributed by atoms with Crippen molar-refractivity contribution in [1.29, 1.82) is 0 Å². The van der Waals surface area contributed by atoms with Crippen LogP contribution < -0.4 is 10.6 Å². The van der Waals surface area contributed by atoms with Crippen molar-refractivity contribution in [2.75, 3.05) is 30.4 Å². The monoisotopic (exact) mass is 472 g/mol. The van der Waals surface area contributed by atoms with Gasteiger partial charge in [0.15, 0.2) is 17.3 Å². The number of aromatic nitrogens is 6. The van der Waals surface area contributed by atoms with Crippen molar-refractivity contribution in [3.8, 4) is 0 Å². The van der Waals surface area contributed by atoms with Gasteiger partial charge < -0.3 is 20.8 Å². The van der Waals surface area contributed by atoms with Crippen molar-refractivity contribution in [3.63, 3.8) is 0 Å². The molecule has 2 atom stereocenters. The molecule has 0 aliphatic carbocycles. The van der Waals surface area contributed by atoms with E-state index in [9.17, 15) is 19.0 Å². The molecule has 0 unspecified atom stereocenters. The summed E-state index contributed by atoms with van der Waals surface area (Å²) in [6, 6.07) is 2.17. The molecule has 0 spiro atoms. The number of nitrogens with zero attached hydrogens (tertiary/aromatic N) is 7. The maximum absolute atomic E-state index is 14.3. The van der Waals surface area contributed by atoms with E-state index in [0.29, 0.717) is 12.4 Å². The van der Waals surface area contributed by atoms with E-state index in [1.165, 1.54) is 10.6 Å². The van der Waals surface area contributed by atoms with E-state index in [0.717, 1.165) is 24.6 Å². The zero-order valence-corrected chi connectivity index (χ0v) is 18.9. The molecule has 180 valence electrons. The zero-order chi connectivity index (χ0) is 24.2. The van der Waals surface area contributed by atoms with Gasteiger partial charge >= 0.3 is 0 Å². The Hall–Kier alpha value is -3.38. The third-order valence-corrected chi connectivity index (χ3v) is 6.72. The van der Waals surface area contributed by atoms with Gasteiger partial charge in [-0.05, 0) is 32.8 Å². The Morgan fingerprint density at radius 3 is 2.68 bits per heavy atom. The second-order valence-electron chi connectivity index (χ2n) is 9.19. The lowest BCUT2D eigenvalue weighted by Gasteiger charge is -2.38. The van der Waals surface area contributed by atoms with Crippen molar-refractivity contribution >= 4 is 28.2 Å². The fourth-order valence-corrected chi connectivity index (χ4v) is 4.48. The molecular formula is C22H26F2N8O2. The van der Waals surface area contributed by atoms with Crippen molar-refractivity contribution in [2.45, 2.75) is 44.2 Å². The minimum Gasteiger partial charge on any atom is -0.394 e. The molecule has 1 aliphatic rings. The van der Waals surface area contributed by atoms with Crippen LogP contribution in [-0.2, 0) is 5.54 Å². The molecule has 34 heavy (non-hydrogen) atoms. The summed E-state index contributed by atoms with van der Waals surface area (Å²) in [7, 11) is 0. The topological polar surface area (TPSA) is 131 Å². The van der Waals surface area contributed by atoms with Gasteiger partial charge in [0.1, 0.15) is 16.9 Å². The number of halogens is 2. The van der Waals surface area contributed by atoms with Crippen molar-refractivity contribution in [3.05, 3.63) is 42.0 Å². The van der Waals surface area contributed by atoms with E-state index < -0.39 is 17.2 Å². The molecule has 10 nitrogen and oxygen atoms in total. The smallest absolute Gasteiger partial charge is 0.223 e. The van der Waals surface area contributed by atoms with E-state index in [1.54, 1.807) is 17.8 Å². The number of piperidine rings is 1. The maximum Gasteiger partial charge on any atom is 0.223 e. The Balaban J connectivity index is 1.50. The third kappa shape index (κ3) is 3.53. The zero-order valence-electron chi connectivity index (χ0n) is 18.9. The van der Waals surface area contributed by atoms with E-state index >= 15 is 0 Å². The van der Waals surface area contributed by atoms with Crippen LogP contribution >= 0.6 is 0 Å². The van der Waals surface area contributed by atoms with Crippen LogP contribution in [0.3, 0.4) is 0 Å². The molecule has 4 aromatic rings. The van der Waals surface area contributed by atoms with E-state index in [-0.39, 0.29) is 47.7 Å². The lowest BCUT2D eigenvalue weighted by Crippen LogP contribution is -2.41. The molecule has 0 radical (unpaired) electrons. The molecule has 12 heteroatoms. The minimum absolute atomic E-state index is 0.0265. The molecule has 0 bridgehead atoms. The summed E-state index contributed by atoms with van der Waals surface area (Å²) in [5.74, 6) is -1.10. The molecule has 0 amide bonds. The molecule has 1 aromatic carbocycles. The van der Waals surface area contributed by atoms with Crippen molar-refractivity contribution in [1.82, 2.24) is 29.4 Å². The Morgan fingerprint density at radius 1 is 1.18 bits per heavy atom. The number of aliphatic hydroxyl groups is 2. The number of aliphatic hydroxyl groups excluding tert-OH is 2. The first kappa shape index (κ1) is 22.4.